The Morgan fingerprint density at radius 1 is 1.12 bits per heavy atom. The third-order valence-corrected chi connectivity index (χ3v) is 5.51. The Labute approximate surface area is 155 Å². The van der Waals surface area contributed by atoms with E-state index in [-0.39, 0.29) is 0 Å². The van der Waals surface area contributed by atoms with Crippen molar-refractivity contribution in [3.63, 3.8) is 0 Å². The van der Waals surface area contributed by atoms with Crippen LogP contribution in [0.15, 0.2) is 30.3 Å². The molecule has 0 aliphatic carbocycles. The molecule has 3 aromatic rings. The molecule has 4 heteroatoms. The Morgan fingerprint density at radius 2 is 1.88 bits per heavy atom. The molecular weight excluding hydrogens is 320 g/mol. The van der Waals surface area contributed by atoms with Crippen LogP contribution in [0.2, 0.25) is 0 Å². The van der Waals surface area contributed by atoms with Crippen LogP contribution in [0.1, 0.15) is 55.3 Å². The van der Waals surface area contributed by atoms with E-state index in [4.69, 9.17) is 5.73 Å². The van der Waals surface area contributed by atoms with Gasteiger partial charge in [0.15, 0.2) is 0 Å². The molecule has 0 atom stereocenters. The molecular formula is C22H28N4. The lowest BCUT2D eigenvalue weighted by Crippen LogP contribution is -2.26. The predicted molar refractivity (Wildman–Crippen MR) is 110 cm³/mol. The van der Waals surface area contributed by atoms with Gasteiger partial charge in [0.2, 0.25) is 0 Å². The topological polar surface area (TPSA) is 66.7 Å². The molecule has 0 radical (unpaired) electrons. The zero-order valence-corrected chi connectivity index (χ0v) is 15.9. The number of aryl methyl sites for hydroxylation is 1. The Balaban J connectivity index is 1.87. The molecule has 0 amide bonds. The minimum atomic E-state index is 0.428. The van der Waals surface area contributed by atoms with E-state index in [0.29, 0.717) is 17.7 Å². The average molecular weight is 348 g/mol. The number of piperidine rings is 1. The molecule has 1 fully saturated rings. The number of rotatable bonds is 3. The first-order valence-electron chi connectivity index (χ1n) is 9.63. The van der Waals surface area contributed by atoms with Crippen molar-refractivity contribution in [2.45, 2.75) is 45.4 Å². The fourth-order valence-corrected chi connectivity index (χ4v) is 4.31. The van der Waals surface area contributed by atoms with E-state index in [9.17, 15) is 0 Å². The van der Waals surface area contributed by atoms with Crippen LogP contribution >= 0.6 is 0 Å². The number of nitrogen functional groups attached to an aromatic ring is 1. The van der Waals surface area contributed by atoms with Crippen molar-refractivity contribution in [1.82, 2.24) is 15.3 Å². The fourth-order valence-electron chi connectivity index (χ4n) is 4.31. The summed E-state index contributed by atoms with van der Waals surface area (Å²) in [6.07, 6.45) is 2.44. The quantitative estimate of drug-likeness (QED) is 0.642. The molecule has 4 nitrogen and oxygen atoms in total. The van der Waals surface area contributed by atoms with Gasteiger partial charge in [0.25, 0.3) is 0 Å². The van der Waals surface area contributed by atoms with Crippen LogP contribution < -0.4 is 11.1 Å². The number of nitrogens with one attached hydrogen (secondary N) is 2. The van der Waals surface area contributed by atoms with Crippen LogP contribution in [0, 0.1) is 6.92 Å². The van der Waals surface area contributed by atoms with Gasteiger partial charge in [0.1, 0.15) is 5.82 Å². The Kier molecular flexibility index (Phi) is 4.45. The van der Waals surface area contributed by atoms with E-state index in [1.807, 2.05) is 13.0 Å². The summed E-state index contributed by atoms with van der Waals surface area (Å²) in [5.74, 6) is 1.67. The maximum atomic E-state index is 6.01. The van der Waals surface area contributed by atoms with Gasteiger partial charge < -0.3 is 16.0 Å². The van der Waals surface area contributed by atoms with Crippen molar-refractivity contribution >= 4 is 16.7 Å². The van der Waals surface area contributed by atoms with Crippen LogP contribution in [0.5, 0.6) is 0 Å². The minimum absolute atomic E-state index is 0.428. The normalized spacial score (nSPS) is 15.8. The van der Waals surface area contributed by atoms with E-state index >= 15 is 0 Å². The summed E-state index contributed by atoms with van der Waals surface area (Å²) in [6, 6.07) is 11.0. The van der Waals surface area contributed by atoms with E-state index in [0.717, 1.165) is 24.3 Å². The molecule has 136 valence electrons. The Morgan fingerprint density at radius 3 is 2.58 bits per heavy atom. The monoisotopic (exact) mass is 348 g/mol. The van der Waals surface area contributed by atoms with Crippen LogP contribution in [0.25, 0.3) is 22.2 Å². The highest BCUT2D eigenvalue weighted by atomic mass is 14.9. The molecule has 0 saturated carbocycles. The molecule has 26 heavy (non-hydrogen) atoms. The highest BCUT2D eigenvalue weighted by Crippen LogP contribution is 2.38. The number of hydrogen-bond acceptors (Lipinski definition) is 3. The van der Waals surface area contributed by atoms with Gasteiger partial charge in [0, 0.05) is 22.2 Å². The van der Waals surface area contributed by atoms with E-state index in [1.165, 1.54) is 40.6 Å². The number of aromatic amines is 1. The summed E-state index contributed by atoms with van der Waals surface area (Å²) in [5.41, 5.74) is 13.3. The smallest absolute Gasteiger partial charge is 0.124 e. The van der Waals surface area contributed by atoms with Crippen molar-refractivity contribution in [3.8, 4) is 11.3 Å². The zero-order valence-electron chi connectivity index (χ0n) is 15.9. The average Bonchev–Trinajstić information content (AvgIpc) is 3.00. The molecule has 0 spiro atoms. The van der Waals surface area contributed by atoms with Gasteiger partial charge >= 0.3 is 0 Å². The third kappa shape index (κ3) is 3.10. The minimum Gasteiger partial charge on any atom is -0.384 e. The molecule has 4 N–H and O–H groups in total. The van der Waals surface area contributed by atoms with Gasteiger partial charge in [-0.1, -0.05) is 19.9 Å². The molecule has 1 aliphatic rings. The van der Waals surface area contributed by atoms with Crippen LogP contribution in [0.3, 0.4) is 0 Å². The zero-order chi connectivity index (χ0) is 18.3. The second-order valence-electron chi connectivity index (χ2n) is 7.82. The van der Waals surface area contributed by atoms with Crippen molar-refractivity contribution in [2.24, 2.45) is 0 Å². The Bertz CT molecular complexity index is 912. The number of H-pyrrole nitrogens is 1. The highest BCUT2D eigenvalue weighted by molar-refractivity contribution is 5.92. The van der Waals surface area contributed by atoms with E-state index < -0.39 is 0 Å². The number of fused-ring (bicyclic) bond motifs is 1. The maximum Gasteiger partial charge on any atom is 0.124 e. The second kappa shape index (κ2) is 6.76. The molecule has 0 unspecified atom stereocenters. The number of nitrogens with zero attached hydrogens (tertiary/aromatic N) is 1. The highest BCUT2D eigenvalue weighted by Gasteiger charge is 2.20. The lowest BCUT2D eigenvalue weighted by molar-refractivity contribution is 0.460. The van der Waals surface area contributed by atoms with Crippen molar-refractivity contribution < 1.29 is 0 Å². The van der Waals surface area contributed by atoms with Crippen molar-refractivity contribution in [3.05, 3.63) is 47.2 Å². The molecule has 1 aromatic carbocycles. The summed E-state index contributed by atoms with van der Waals surface area (Å²) in [5, 5.41) is 4.81. The van der Waals surface area contributed by atoms with Gasteiger partial charge in [-0.3, -0.25) is 0 Å². The summed E-state index contributed by atoms with van der Waals surface area (Å²) in [4.78, 5) is 7.97. The Hall–Kier alpha value is -2.33. The number of pyridine rings is 1. The number of hydrogen-bond donors (Lipinski definition) is 3. The fraction of sp³-hybridized carbons (Fsp3) is 0.409. The molecule has 3 heterocycles. The standard InChI is InChI=1S/C22H28N4/c1-13(2)21-18-11-16(15-6-8-24-9-7-15)4-5-19(18)26-22(21)17-10-14(3)25-20(23)12-17/h4-5,10-13,15,24,26H,6-9H2,1-3H3,(H2,23,25). The second-order valence-corrected chi connectivity index (χ2v) is 7.82. The van der Waals surface area contributed by atoms with E-state index in [2.05, 4.69) is 53.4 Å². The maximum absolute atomic E-state index is 6.01. The first-order chi connectivity index (χ1) is 12.5. The number of anilines is 1. The van der Waals surface area contributed by atoms with Gasteiger partial charge in [-0.25, -0.2) is 4.98 Å². The number of nitrogens with two attached hydrogens (primary N) is 1. The van der Waals surface area contributed by atoms with Gasteiger partial charge in [0.05, 0.1) is 5.69 Å². The molecule has 2 aromatic heterocycles. The van der Waals surface area contributed by atoms with Gasteiger partial charge in [-0.2, -0.15) is 0 Å². The summed E-state index contributed by atoms with van der Waals surface area (Å²) in [6.45, 7) is 8.76. The predicted octanol–water partition coefficient (Wildman–Crippen LogP) is 4.71. The lowest BCUT2D eigenvalue weighted by atomic mass is 9.88. The van der Waals surface area contributed by atoms with Gasteiger partial charge in [-0.15, -0.1) is 0 Å². The van der Waals surface area contributed by atoms with Gasteiger partial charge in [-0.05, 0) is 80.1 Å². The molecule has 4 rings (SSSR count). The molecule has 0 bridgehead atoms. The third-order valence-electron chi connectivity index (χ3n) is 5.51. The number of benzene rings is 1. The largest absolute Gasteiger partial charge is 0.384 e. The van der Waals surface area contributed by atoms with Crippen molar-refractivity contribution in [2.75, 3.05) is 18.8 Å². The summed E-state index contributed by atoms with van der Waals surface area (Å²) in [7, 11) is 0. The summed E-state index contributed by atoms with van der Waals surface area (Å²) >= 11 is 0. The van der Waals surface area contributed by atoms with Crippen LogP contribution in [0.4, 0.5) is 5.82 Å². The summed E-state index contributed by atoms with van der Waals surface area (Å²) < 4.78 is 0. The lowest BCUT2D eigenvalue weighted by Gasteiger charge is -2.23. The van der Waals surface area contributed by atoms with Crippen LogP contribution in [-0.4, -0.2) is 23.1 Å². The SMILES string of the molecule is Cc1cc(-c2[nH]c3ccc(C4CCNCC4)cc3c2C(C)C)cc(N)n1. The first kappa shape index (κ1) is 17.1. The molecule has 1 saturated heterocycles. The molecule has 1 aliphatic heterocycles. The first-order valence-corrected chi connectivity index (χ1v) is 9.63. The number of aromatic nitrogens is 2. The van der Waals surface area contributed by atoms with Crippen molar-refractivity contribution in [1.29, 1.82) is 0 Å². The van der Waals surface area contributed by atoms with E-state index in [1.54, 1.807) is 0 Å². The van der Waals surface area contributed by atoms with Crippen LogP contribution in [-0.2, 0) is 0 Å².